The quantitative estimate of drug-likeness (QED) is 0.431. The number of nitrogens with zero attached hydrogens (tertiary/aromatic N) is 1. The van der Waals surface area contributed by atoms with Crippen LogP contribution < -0.4 is 0 Å². The Morgan fingerprint density at radius 3 is 2.04 bits per heavy atom. The lowest BCUT2D eigenvalue weighted by Crippen LogP contribution is -2.49. The van der Waals surface area contributed by atoms with Crippen LogP contribution in [0.1, 0.15) is 93.4 Å². The van der Waals surface area contributed by atoms with Gasteiger partial charge in [-0.3, -0.25) is 4.79 Å². The third-order valence-corrected chi connectivity index (χ3v) is 4.01. The van der Waals surface area contributed by atoms with E-state index in [9.17, 15) is 9.59 Å². The lowest BCUT2D eigenvalue weighted by Gasteiger charge is -2.34. The van der Waals surface area contributed by atoms with Crippen LogP contribution in [0.25, 0.3) is 0 Å². The molecule has 0 aliphatic heterocycles. The van der Waals surface area contributed by atoms with Crippen molar-refractivity contribution in [3.63, 3.8) is 0 Å². The third kappa shape index (κ3) is 8.97. The van der Waals surface area contributed by atoms with Gasteiger partial charge in [0.15, 0.2) is 0 Å². The molecule has 4 heteroatoms. The molecule has 136 valence electrons. The maximum atomic E-state index is 12.6. The number of hydrogen-bond acceptors (Lipinski definition) is 3. The summed E-state index contributed by atoms with van der Waals surface area (Å²) in [6, 6.07) is -0.493. The van der Waals surface area contributed by atoms with Crippen LogP contribution in [0.2, 0.25) is 0 Å². The molecule has 0 spiro atoms. The van der Waals surface area contributed by atoms with Crippen LogP contribution in [0.5, 0.6) is 0 Å². The SMILES string of the molecule is CCCCCCCC(=O)N(C(C)CC)C(C)C(=O)OC(C)(C)C. The molecule has 1 amide bonds. The third-order valence-electron chi connectivity index (χ3n) is 4.01. The van der Waals surface area contributed by atoms with Gasteiger partial charge in [-0.1, -0.05) is 39.5 Å². The Morgan fingerprint density at radius 2 is 1.57 bits per heavy atom. The molecule has 0 heterocycles. The Kier molecular flexibility index (Phi) is 10.2. The van der Waals surface area contributed by atoms with Crippen molar-refractivity contribution in [1.29, 1.82) is 0 Å². The molecular formula is C19H37NO3. The average Bonchev–Trinajstić information content (AvgIpc) is 2.45. The minimum atomic E-state index is -0.535. The van der Waals surface area contributed by atoms with Crippen LogP contribution in [0.15, 0.2) is 0 Å². The van der Waals surface area contributed by atoms with E-state index in [1.54, 1.807) is 11.8 Å². The predicted molar refractivity (Wildman–Crippen MR) is 95.3 cm³/mol. The minimum Gasteiger partial charge on any atom is -0.458 e. The van der Waals surface area contributed by atoms with Crippen molar-refractivity contribution >= 4 is 11.9 Å². The summed E-state index contributed by atoms with van der Waals surface area (Å²) in [5.41, 5.74) is -0.532. The van der Waals surface area contributed by atoms with E-state index in [2.05, 4.69) is 6.92 Å². The molecule has 0 fully saturated rings. The Morgan fingerprint density at radius 1 is 1.00 bits per heavy atom. The highest BCUT2D eigenvalue weighted by molar-refractivity contribution is 5.84. The lowest BCUT2D eigenvalue weighted by atomic mass is 10.1. The Hall–Kier alpha value is -1.06. The number of carbonyl (C=O) groups excluding carboxylic acids is 2. The predicted octanol–water partition coefficient (Wildman–Crippen LogP) is 4.70. The molecule has 0 saturated heterocycles. The molecule has 4 nitrogen and oxygen atoms in total. The molecule has 0 bridgehead atoms. The first-order valence-corrected chi connectivity index (χ1v) is 9.18. The fourth-order valence-corrected chi connectivity index (χ4v) is 2.55. The first-order valence-electron chi connectivity index (χ1n) is 9.18. The van der Waals surface area contributed by atoms with Crippen LogP contribution >= 0.6 is 0 Å². The molecule has 0 N–H and O–H groups in total. The normalized spacial score (nSPS) is 14.2. The van der Waals surface area contributed by atoms with E-state index in [0.717, 1.165) is 19.3 Å². The number of rotatable bonds is 10. The van der Waals surface area contributed by atoms with Crippen LogP contribution in [0.4, 0.5) is 0 Å². The van der Waals surface area contributed by atoms with Crippen LogP contribution in [0.3, 0.4) is 0 Å². The topological polar surface area (TPSA) is 46.6 Å². The zero-order chi connectivity index (χ0) is 18.0. The summed E-state index contributed by atoms with van der Waals surface area (Å²) in [5, 5.41) is 0. The highest BCUT2D eigenvalue weighted by Gasteiger charge is 2.31. The van der Waals surface area contributed by atoms with Gasteiger partial charge in [-0.05, 0) is 47.5 Å². The minimum absolute atomic E-state index is 0.0423. The molecule has 0 radical (unpaired) electrons. The monoisotopic (exact) mass is 327 g/mol. The molecule has 0 aliphatic carbocycles. The summed E-state index contributed by atoms with van der Waals surface area (Å²) in [5.74, 6) is -0.258. The van der Waals surface area contributed by atoms with E-state index in [1.165, 1.54) is 19.3 Å². The highest BCUT2D eigenvalue weighted by atomic mass is 16.6. The first kappa shape index (κ1) is 21.9. The average molecular weight is 328 g/mol. The van der Waals surface area contributed by atoms with E-state index in [1.807, 2.05) is 34.6 Å². The smallest absolute Gasteiger partial charge is 0.329 e. The first-order chi connectivity index (χ1) is 10.6. The Bertz CT molecular complexity index is 360. The van der Waals surface area contributed by atoms with Crippen molar-refractivity contribution in [2.24, 2.45) is 0 Å². The van der Waals surface area contributed by atoms with Crippen molar-refractivity contribution < 1.29 is 14.3 Å². The van der Waals surface area contributed by atoms with Crippen molar-refractivity contribution in [2.45, 2.75) is 111 Å². The van der Waals surface area contributed by atoms with E-state index in [0.29, 0.717) is 6.42 Å². The summed E-state index contributed by atoms with van der Waals surface area (Å²) >= 11 is 0. The summed E-state index contributed by atoms with van der Waals surface area (Å²) in [6.07, 6.45) is 6.91. The molecule has 23 heavy (non-hydrogen) atoms. The molecule has 0 saturated carbocycles. The van der Waals surface area contributed by atoms with Crippen molar-refractivity contribution in [3.8, 4) is 0 Å². The zero-order valence-electron chi connectivity index (χ0n) is 16.3. The zero-order valence-corrected chi connectivity index (χ0v) is 16.3. The second kappa shape index (κ2) is 10.7. The number of amides is 1. The Balaban J connectivity index is 4.73. The summed E-state index contributed by atoms with van der Waals surface area (Å²) < 4.78 is 5.45. The van der Waals surface area contributed by atoms with Gasteiger partial charge in [0.2, 0.25) is 5.91 Å². The molecule has 2 unspecified atom stereocenters. The van der Waals surface area contributed by atoms with E-state index >= 15 is 0 Å². The van der Waals surface area contributed by atoms with Crippen molar-refractivity contribution in [2.75, 3.05) is 0 Å². The van der Waals surface area contributed by atoms with Gasteiger partial charge < -0.3 is 9.64 Å². The second-order valence-corrected chi connectivity index (χ2v) is 7.43. The van der Waals surface area contributed by atoms with Crippen LogP contribution in [0, 0.1) is 0 Å². The molecule has 0 aromatic heterocycles. The molecule has 0 aromatic carbocycles. The number of unbranched alkanes of at least 4 members (excludes halogenated alkanes) is 4. The highest BCUT2D eigenvalue weighted by Crippen LogP contribution is 2.17. The second-order valence-electron chi connectivity index (χ2n) is 7.43. The number of ether oxygens (including phenoxy) is 1. The maximum absolute atomic E-state index is 12.6. The van der Waals surface area contributed by atoms with Crippen LogP contribution in [-0.4, -0.2) is 34.5 Å². The standard InChI is InChI=1S/C19H37NO3/c1-8-10-11-12-13-14-17(21)20(15(3)9-2)16(4)18(22)23-19(5,6)7/h15-16H,8-14H2,1-7H3. The van der Waals surface area contributed by atoms with Gasteiger partial charge in [0.05, 0.1) is 0 Å². The number of hydrogen-bond donors (Lipinski definition) is 0. The van der Waals surface area contributed by atoms with E-state index in [-0.39, 0.29) is 17.9 Å². The molecule has 2 atom stereocenters. The summed E-state index contributed by atoms with van der Waals surface area (Å²) in [7, 11) is 0. The molecule has 0 rings (SSSR count). The maximum Gasteiger partial charge on any atom is 0.329 e. The van der Waals surface area contributed by atoms with E-state index in [4.69, 9.17) is 4.74 Å². The largest absolute Gasteiger partial charge is 0.458 e. The fourth-order valence-electron chi connectivity index (χ4n) is 2.55. The van der Waals surface area contributed by atoms with E-state index < -0.39 is 11.6 Å². The number of esters is 1. The Labute approximate surface area is 143 Å². The molecule has 0 aliphatic rings. The number of carbonyl (C=O) groups is 2. The van der Waals surface area contributed by atoms with Gasteiger partial charge in [0.1, 0.15) is 11.6 Å². The fraction of sp³-hybridized carbons (Fsp3) is 0.895. The molecule has 0 aromatic rings. The molecular weight excluding hydrogens is 290 g/mol. The van der Waals surface area contributed by atoms with Gasteiger partial charge in [-0.15, -0.1) is 0 Å². The van der Waals surface area contributed by atoms with Crippen molar-refractivity contribution in [3.05, 3.63) is 0 Å². The van der Waals surface area contributed by atoms with Gasteiger partial charge in [-0.25, -0.2) is 4.79 Å². The van der Waals surface area contributed by atoms with Crippen molar-refractivity contribution in [1.82, 2.24) is 4.90 Å². The van der Waals surface area contributed by atoms with Gasteiger partial charge in [-0.2, -0.15) is 0 Å². The van der Waals surface area contributed by atoms with Crippen LogP contribution in [-0.2, 0) is 14.3 Å². The van der Waals surface area contributed by atoms with Gasteiger partial charge in [0, 0.05) is 12.5 Å². The summed E-state index contributed by atoms with van der Waals surface area (Å²) in [4.78, 5) is 26.6. The lowest BCUT2D eigenvalue weighted by molar-refractivity contribution is -0.165. The van der Waals surface area contributed by atoms with Gasteiger partial charge in [0.25, 0.3) is 0 Å². The summed E-state index contributed by atoms with van der Waals surface area (Å²) in [6.45, 7) is 13.5. The van der Waals surface area contributed by atoms with Gasteiger partial charge >= 0.3 is 5.97 Å².